The summed E-state index contributed by atoms with van der Waals surface area (Å²) in [6.45, 7) is 0.475. The number of carbonyl (C=O) groups is 3. The van der Waals surface area contributed by atoms with Crippen molar-refractivity contribution >= 4 is 50.3 Å². The molecule has 2 atom stereocenters. The minimum absolute atomic E-state index is 0.0810. The van der Waals surface area contributed by atoms with E-state index in [0.717, 1.165) is 25.0 Å². The summed E-state index contributed by atoms with van der Waals surface area (Å²) in [6, 6.07) is 1.28. The Bertz CT molecular complexity index is 1120. The van der Waals surface area contributed by atoms with Gasteiger partial charge >= 0.3 is 6.03 Å². The number of nitrogens with zero attached hydrogens (tertiary/aromatic N) is 2. The third-order valence-electron chi connectivity index (χ3n) is 5.50. The molecule has 0 bridgehead atoms. The van der Waals surface area contributed by atoms with E-state index >= 15 is 0 Å². The summed E-state index contributed by atoms with van der Waals surface area (Å²) in [4.78, 5) is 37.9. The van der Waals surface area contributed by atoms with Gasteiger partial charge in [-0.1, -0.05) is 15.9 Å². The fourth-order valence-corrected chi connectivity index (χ4v) is 4.80. The molecule has 1 aromatic heterocycles. The molecule has 1 aromatic carbocycles. The Morgan fingerprint density at radius 1 is 1.19 bits per heavy atom. The fourth-order valence-electron chi connectivity index (χ4n) is 3.66. The predicted molar refractivity (Wildman–Crippen MR) is 133 cm³/mol. The lowest BCUT2D eigenvalue weighted by molar-refractivity contribution is -0.132. The Hall–Kier alpha value is -2.88. The van der Waals surface area contributed by atoms with Crippen LogP contribution in [0.1, 0.15) is 41.6 Å². The highest BCUT2D eigenvalue weighted by atomic mass is 79.9. The molecule has 0 unspecified atom stereocenters. The Morgan fingerprint density at radius 2 is 1.84 bits per heavy atom. The number of amides is 4. The van der Waals surface area contributed by atoms with Crippen LogP contribution in [0.2, 0.25) is 0 Å². The van der Waals surface area contributed by atoms with Crippen LogP contribution in [-0.2, 0) is 11.4 Å². The van der Waals surface area contributed by atoms with E-state index in [0.29, 0.717) is 24.6 Å². The molecule has 1 saturated heterocycles. The van der Waals surface area contributed by atoms with E-state index in [1.54, 1.807) is 4.90 Å². The van der Waals surface area contributed by atoms with E-state index in [2.05, 4.69) is 30.9 Å². The summed E-state index contributed by atoms with van der Waals surface area (Å²) in [6.07, 6.45) is -0.612. The first-order chi connectivity index (χ1) is 17.5. The van der Waals surface area contributed by atoms with E-state index in [1.807, 2.05) is 0 Å². The van der Waals surface area contributed by atoms with Gasteiger partial charge in [-0.3, -0.25) is 14.9 Å². The normalized spacial score (nSPS) is 14.8. The highest BCUT2D eigenvalue weighted by Gasteiger charge is 2.25. The first-order valence-corrected chi connectivity index (χ1v) is 12.9. The lowest BCUT2D eigenvalue weighted by atomic mass is 10.1. The smallest absolute Gasteiger partial charge is 0.320 e. The maximum atomic E-state index is 14.0. The average molecular weight is 606 g/mol. The van der Waals surface area contributed by atoms with Crippen molar-refractivity contribution in [1.82, 2.24) is 14.6 Å². The molecule has 11 nitrogen and oxygen atoms in total. The summed E-state index contributed by atoms with van der Waals surface area (Å²) in [7, 11) is 0. The second-order valence-corrected chi connectivity index (χ2v) is 10.1. The summed E-state index contributed by atoms with van der Waals surface area (Å²) in [5.41, 5.74) is 4.68. The third kappa shape index (κ3) is 8.05. The Labute approximate surface area is 223 Å². The predicted octanol–water partition coefficient (Wildman–Crippen LogP) is 2.11. The summed E-state index contributed by atoms with van der Waals surface area (Å²) >= 11 is 3.63. The number of hydrogen-bond acceptors (Lipinski definition) is 8. The first-order valence-electron chi connectivity index (χ1n) is 11.3. The third-order valence-corrected chi connectivity index (χ3v) is 6.71. The lowest BCUT2D eigenvalue weighted by Crippen LogP contribution is -2.38. The molecule has 3 rings (SSSR count). The van der Waals surface area contributed by atoms with Crippen molar-refractivity contribution in [1.29, 1.82) is 0 Å². The maximum Gasteiger partial charge on any atom is 0.320 e. The fraction of sp³-hybridized carbons (Fsp3) is 0.455. The van der Waals surface area contributed by atoms with Crippen LogP contribution in [0, 0.1) is 11.6 Å². The molecule has 1 aliphatic rings. The molecule has 0 spiro atoms. The van der Waals surface area contributed by atoms with Gasteiger partial charge in [-0.15, -0.1) is 0 Å². The molecule has 202 valence electrons. The number of benzene rings is 1. The van der Waals surface area contributed by atoms with Gasteiger partial charge in [0.15, 0.2) is 0 Å². The average Bonchev–Trinajstić information content (AvgIpc) is 3.47. The van der Waals surface area contributed by atoms with Crippen LogP contribution in [0.4, 0.5) is 18.6 Å². The monoisotopic (exact) mass is 605 g/mol. The van der Waals surface area contributed by atoms with Gasteiger partial charge < -0.3 is 30.9 Å². The van der Waals surface area contributed by atoms with Crippen molar-refractivity contribution in [2.45, 2.75) is 44.5 Å². The molecule has 4 amide bonds. The van der Waals surface area contributed by atoms with Crippen LogP contribution in [0.3, 0.4) is 0 Å². The summed E-state index contributed by atoms with van der Waals surface area (Å²) in [5.74, 6) is -3.24. The largest absolute Gasteiger partial charge is 0.471 e. The van der Waals surface area contributed by atoms with Crippen molar-refractivity contribution in [2.24, 2.45) is 5.73 Å². The number of primary amides is 1. The quantitative estimate of drug-likeness (QED) is 0.261. The molecule has 15 heteroatoms. The number of ether oxygens (including phenoxy) is 1. The molecule has 2 aromatic rings. The number of hydrogen-bond donors (Lipinski definition) is 5. The minimum atomic E-state index is -1.14. The molecule has 0 aliphatic carbocycles. The lowest BCUT2D eigenvalue weighted by Gasteiger charge is -2.19. The zero-order chi connectivity index (χ0) is 27.1. The van der Waals surface area contributed by atoms with E-state index in [4.69, 9.17) is 10.5 Å². The SMILES string of the molecule is NC(=O)c1c(OCc2c(F)cc(Br)cc2F)nsc1NC(=O)NC[C@H](O)C[C@@H](O)CC(=O)N1CCCC1. The number of aliphatic hydroxyl groups excluding tert-OH is 2. The van der Waals surface area contributed by atoms with Gasteiger partial charge in [0.2, 0.25) is 11.8 Å². The van der Waals surface area contributed by atoms with Crippen molar-refractivity contribution < 1.29 is 38.1 Å². The molecule has 0 radical (unpaired) electrons. The molecule has 2 heterocycles. The molecule has 6 N–H and O–H groups in total. The summed E-state index contributed by atoms with van der Waals surface area (Å²) < 4.78 is 37.4. The molecule has 1 aliphatic heterocycles. The van der Waals surface area contributed by atoms with Gasteiger partial charge in [-0.2, -0.15) is 4.37 Å². The van der Waals surface area contributed by atoms with E-state index in [9.17, 15) is 33.4 Å². The Kier molecular flexibility index (Phi) is 10.1. The number of halogens is 3. The number of nitrogens with one attached hydrogen (secondary N) is 2. The van der Waals surface area contributed by atoms with Gasteiger partial charge in [0.1, 0.15) is 28.8 Å². The van der Waals surface area contributed by atoms with Crippen LogP contribution in [0.25, 0.3) is 0 Å². The van der Waals surface area contributed by atoms with E-state index < -0.39 is 48.0 Å². The molecular weight excluding hydrogens is 580 g/mol. The topological polar surface area (TPSA) is 167 Å². The van der Waals surface area contributed by atoms with Crippen molar-refractivity contribution in [3.63, 3.8) is 0 Å². The van der Waals surface area contributed by atoms with Crippen LogP contribution >= 0.6 is 27.5 Å². The zero-order valence-corrected chi connectivity index (χ0v) is 21.9. The number of rotatable bonds is 11. The van der Waals surface area contributed by atoms with Gasteiger partial charge in [0, 0.05) is 30.5 Å². The van der Waals surface area contributed by atoms with Gasteiger partial charge in [-0.25, -0.2) is 13.6 Å². The number of likely N-dealkylation sites (tertiary alicyclic amines) is 1. The van der Waals surface area contributed by atoms with Gasteiger partial charge in [0.05, 0.1) is 24.2 Å². The summed E-state index contributed by atoms with van der Waals surface area (Å²) in [5, 5.41) is 24.8. The zero-order valence-electron chi connectivity index (χ0n) is 19.5. The van der Waals surface area contributed by atoms with Crippen LogP contribution in [-0.4, -0.2) is 69.2 Å². The first kappa shape index (κ1) is 28.7. The number of anilines is 1. The molecule has 37 heavy (non-hydrogen) atoms. The van der Waals surface area contributed by atoms with Gasteiger partial charge in [-0.05, 0) is 36.5 Å². The molecule has 1 fully saturated rings. The second-order valence-electron chi connectivity index (χ2n) is 8.36. The van der Waals surface area contributed by atoms with E-state index in [-0.39, 0.29) is 46.2 Å². The Morgan fingerprint density at radius 3 is 2.46 bits per heavy atom. The van der Waals surface area contributed by atoms with E-state index in [1.165, 1.54) is 0 Å². The number of aromatic nitrogens is 1. The standard InChI is InChI=1S/C22H26BrF2N5O6S/c23-11-5-15(24)14(16(25)6-11)10-36-20-18(19(26)34)21(37-29-20)28-22(35)27-9-13(32)7-12(31)8-17(33)30-3-1-2-4-30/h5-6,12-13,31-32H,1-4,7-10H2,(H2,26,34)(H2,27,28,35)/t12-,13-/m1/s1. The number of carbonyl (C=O) groups excluding carboxylic acids is 3. The van der Waals surface area contributed by atoms with Crippen LogP contribution < -0.4 is 21.1 Å². The number of aliphatic hydroxyl groups is 2. The maximum absolute atomic E-state index is 14.0. The van der Waals surface area contributed by atoms with Crippen molar-refractivity contribution in [2.75, 3.05) is 25.0 Å². The van der Waals surface area contributed by atoms with Crippen LogP contribution in [0.15, 0.2) is 16.6 Å². The van der Waals surface area contributed by atoms with Crippen molar-refractivity contribution in [3.8, 4) is 5.88 Å². The highest BCUT2D eigenvalue weighted by molar-refractivity contribution is 9.10. The second kappa shape index (κ2) is 13.1. The molecular formula is C22H26BrF2N5O6S. The molecule has 0 saturated carbocycles. The highest BCUT2D eigenvalue weighted by Crippen LogP contribution is 2.31. The number of nitrogens with two attached hydrogens (primary N) is 1. The van der Waals surface area contributed by atoms with Gasteiger partial charge in [0.25, 0.3) is 5.91 Å². The number of urea groups is 1. The van der Waals surface area contributed by atoms with Crippen molar-refractivity contribution in [3.05, 3.63) is 39.4 Å². The Balaban J connectivity index is 1.51. The minimum Gasteiger partial charge on any atom is -0.471 e. The van der Waals surface area contributed by atoms with Crippen LogP contribution in [0.5, 0.6) is 5.88 Å².